The van der Waals surface area contributed by atoms with Crippen molar-refractivity contribution in [2.24, 2.45) is 0 Å². The van der Waals surface area contributed by atoms with Crippen LogP contribution in [0.15, 0.2) is 23.8 Å². The monoisotopic (exact) mass is 338 g/mol. The molecule has 4 heterocycles. The van der Waals surface area contributed by atoms with Gasteiger partial charge in [0, 0.05) is 4.88 Å². The maximum Gasteiger partial charge on any atom is 0.252 e. The molecule has 0 spiro atoms. The number of aromatic nitrogens is 5. The molecule has 0 saturated carbocycles. The molecule has 4 aromatic rings. The van der Waals surface area contributed by atoms with E-state index in [2.05, 4.69) is 17.0 Å². The Morgan fingerprint density at radius 1 is 1.26 bits per heavy atom. The first-order valence-electron chi connectivity index (χ1n) is 6.81. The highest BCUT2D eigenvalue weighted by Gasteiger charge is 2.18. The quantitative estimate of drug-likeness (QED) is 0.559. The van der Waals surface area contributed by atoms with Gasteiger partial charge < -0.3 is 0 Å². The SMILES string of the molecule is Cc1sc2nc(-c3cccs3)nc(-n3cnc(C#N)n3)c2c1C. The lowest BCUT2D eigenvalue weighted by molar-refractivity contribution is 0.846. The zero-order chi connectivity index (χ0) is 16.0. The largest absolute Gasteiger partial charge is 0.252 e. The van der Waals surface area contributed by atoms with Gasteiger partial charge in [-0.15, -0.1) is 27.8 Å². The van der Waals surface area contributed by atoms with Crippen molar-refractivity contribution >= 4 is 32.9 Å². The topological polar surface area (TPSA) is 80.3 Å². The van der Waals surface area contributed by atoms with Gasteiger partial charge in [0.05, 0.1) is 10.3 Å². The second kappa shape index (κ2) is 5.22. The predicted molar refractivity (Wildman–Crippen MR) is 89.8 cm³/mol. The fourth-order valence-electron chi connectivity index (χ4n) is 2.33. The van der Waals surface area contributed by atoms with Crippen LogP contribution < -0.4 is 0 Å². The number of hydrogen-bond acceptors (Lipinski definition) is 7. The first-order valence-corrected chi connectivity index (χ1v) is 8.50. The van der Waals surface area contributed by atoms with Gasteiger partial charge in [-0.25, -0.2) is 19.6 Å². The lowest BCUT2D eigenvalue weighted by atomic mass is 10.2. The summed E-state index contributed by atoms with van der Waals surface area (Å²) >= 11 is 3.23. The molecule has 0 aliphatic heterocycles. The maximum absolute atomic E-state index is 8.96. The molecule has 6 nitrogen and oxygen atoms in total. The van der Waals surface area contributed by atoms with E-state index in [1.54, 1.807) is 27.4 Å². The summed E-state index contributed by atoms with van der Waals surface area (Å²) in [5.41, 5.74) is 1.13. The Morgan fingerprint density at radius 3 is 2.83 bits per heavy atom. The van der Waals surface area contributed by atoms with Crippen LogP contribution in [0.1, 0.15) is 16.3 Å². The molecule has 0 atom stereocenters. The minimum Gasteiger partial charge on any atom is -0.216 e. The second-order valence-electron chi connectivity index (χ2n) is 4.94. The van der Waals surface area contributed by atoms with Gasteiger partial charge in [-0.3, -0.25) is 0 Å². The summed E-state index contributed by atoms with van der Waals surface area (Å²) in [4.78, 5) is 16.5. The van der Waals surface area contributed by atoms with E-state index >= 15 is 0 Å². The Hall–Kier alpha value is -2.63. The van der Waals surface area contributed by atoms with E-state index in [1.165, 1.54) is 11.2 Å². The van der Waals surface area contributed by atoms with Gasteiger partial charge in [0.2, 0.25) is 0 Å². The first-order chi connectivity index (χ1) is 11.2. The van der Waals surface area contributed by atoms with Crippen LogP contribution in [0, 0.1) is 25.2 Å². The molecule has 112 valence electrons. The average molecular weight is 338 g/mol. The fraction of sp³-hybridized carbons (Fsp3) is 0.133. The van der Waals surface area contributed by atoms with Crippen molar-refractivity contribution in [1.82, 2.24) is 24.7 Å². The van der Waals surface area contributed by atoms with E-state index in [-0.39, 0.29) is 5.82 Å². The van der Waals surface area contributed by atoms with Crippen LogP contribution in [-0.2, 0) is 0 Å². The molecule has 0 unspecified atom stereocenters. The Balaban J connectivity index is 2.05. The summed E-state index contributed by atoms with van der Waals surface area (Å²) in [6, 6.07) is 5.91. The van der Waals surface area contributed by atoms with Gasteiger partial charge in [0.15, 0.2) is 11.6 Å². The zero-order valence-corrected chi connectivity index (χ0v) is 13.9. The molecule has 0 amide bonds. The molecule has 4 aromatic heterocycles. The van der Waals surface area contributed by atoms with Crippen LogP contribution in [0.2, 0.25) is 0 Å². The summed E-state index contributed by atoms with van der Waals surface area (Å²) in [5, 5.41) is 16.1. The van der Waals surface area contributed by atoms with Crippen LogP contribution >= 0.6 is 22.7 Å². The molecule has 0 aromatic carbocycles. The lowest BCUT2D eigenvalue weighted by Crippen LogP contribution is -2.02. The van der Waals surface area contributed by atoms with Crippen molar-refractivity contribution in [3.8, 4) is 22.6 Å². The number of rotatable bonds is 2. The molecule has 8 heteroatoms. The van der Waals surface area contributed by atoms with Crippen LogP contribution in [0.5, 0.6) is 0 Å². The Labute approximate surface area is 139 Å². The molecule has 0 bridgehead atoms. The zero-order valence-electron chi connectivity index (χ0n) is 12.3. The highest BCUT2D eigenvalue weighted by atomic mass is 32.1. The predicted octanol–water partition coefficient (Wildman–Crippen LogP) is 3.49. The molecule has 0 N–H and O–H groups in total. The number of fused-ring (bicyclic) bond motifs is 1. The third-order valence-corrected chi connectivity index (χ3v) is 5.53. The molecule has 0 radical (unpaired) electrons. The van der Waals surface area contributed by atoms with Crippen molar-refractivity contribution in [3.63, 3.8) is 0 Å². The molecule has 0 aliphatic carbocycles. The average Bonchev–Trinajstić information content (AvgIpc) is 3.28. The fourth-order valence-corrected chi connectivity index (χ4v) is 4.01. The Kier molecular flexibility index (Phi) is 3.18. The minimum atomic E-state index is 0.124. The van der Waals surface area contributed by atoms with E-state index < -0.39 is 0 Å². The highest BCUT2D eigenvalue weighted by molar-refractivity contribution is 7.19. The van der Waals surface area contributed by atoms with Crippen molar-refractivity contribution < 1.29 is 0 Å². The van der Waals surface area contributed by atoms with Gasteiger partial charge in [-0.1, -0.05) is 6.07 Å². The molecular weight excluding hydrogens is 328 g/mol. The number of aryl methyl sites for hydroxylation is 2. The van der Waals surface area contributed by atoms with Gasteiger partial charge in [-0.05, 0) is 30.9 Å². The Morgan fingerprint density at radius 2 is 2.13 bits per heavy atom. The molecular formula is C15H10N6S2. The van der Waals surface area contributed by atoms with Crippen molar-refractivity contribution in [3.05, 3.63) is 40.1 Å². The molecule has 0 aliphatic rings. The lowest BCUT2D eigenvalue weighted by Gasteiger charge is -2.05. The third-order valence-electron chi connectivity index (χ3n) is 3.56. The normalized spacial score (nSPS) is 11.0. The van der Waals surface area contributed by atoms with Crippen molar-refractivity contribution in [2.45, 2.75) is 13.8 Å². The van der Waals surface area contributed by atoms with Gasteiger partial charge in [0.1, 0.15) is 17.2 Å². The van der Waals surface area contributed by atoms with E-state index in [0.717, 1.165) is 20.7 Å². The number of nitriles is 1. The third kappa shape index (κ3) is 2.21. The van der Waals surface area contributed by atoms with E-state index in [1.807, 2.05) is 30.5 Å². The minimum absolute atomic E-state index is 0.124. The molecule has 0 saturated heterocycles. The standard InChI is InChI=1S/C15H10N6S2/c1-8-9(2)23-15-12(8)14(21-7-17-11(6-16)20-21)18-13(19-15)10-4-3-5-22-10/h3-5,7H,1-2H3. The highest BCUT2D eigenvalue weighted by Crippen LogP contribution is 2.34. The van der Waals surface area contributed by atoms with Gasteiger partial charge in [-0.2, -0.15) is 5.26 Å². The van der Waals surface area contributed by atoms with Gasteiger partial charge in [0.25, 0.3) is 5.82 Å². The van der Waals surface area contributed by atoms with E-state index in [9.17, 15) is 0 Å². The molecule has 4 rings (SSSR count). The first kappa shape index (κ1) is 14.0. The number of hydrogen-bond donors (Lipinski definition) is 0. The Bertz CT molecular complexity index is 1050. The molecule has 23 heavy (non-hydrogen) atoms. The summed E-state index contributed by atoms with van der Waals surface area (Å²) in [5.74, 6) is 1.45. The second-order valence-corrected chi connectivity index (χ2v) is 7.09. The summed E-state index contributed by atoms with van der Waals surface area (Å²) in [6.07, 6.45) is 1.52. The molecule has 0 fully saturated rings. The van der Waals surface area contributed by atoms with Crippen LogP contribution in [0.25, 0.3) is 26.7 Å². The van der Waals surface area contributed by atoms with Crippen LogP contribution in [-0.4, -0.2) is 24.7 Å². The van der Waals surface area contributed by atoms with E-state index in [0.29, 0.717) is 11.6 Å². The van der Waals surface area contributed by atoms with E-state index in [4.69, 9.17) is 15.2 Å². The van der Waals surface area contributed by atoms with Crippen molar-refractivity contribution in [1.29, 1.82) is 5.26 Å². The summed E-state index contributed by atoms with van der Waals surface area (Å²) in [7, 11) is 0. The van der Waals surface area contributed by atoms with Crippen LogP contribution in [0.3, 0.4) is 0 Å². The van der Waals surface area contributed by atoms with Gasteiger partial charge >= 0.3 is 0 Å². The summed E-state index contributed by atoms with van der Waals surface area (Å²) < 4.78 is 1.55. The maximum atomic E-state index is 8.96. The summed E-state index contributed by atoms with van der Waals surface area (Å²) in [6.45, 7) is 4.12. The van der Waals surface area contributed by atoms with Crippen molar-refractivity contribution in [2.75, 3.05) is 0 Å². The smallest absolute Gasteiger partial charge is 0.216 e. The number of nitrogens with zero attached hydrogens (tertiary/aromatic N) is 6. The number of thiophene rings is 2. The van der Waals surface area contributed by atoms with Crippen LogP contribution in [0.4, 0.5) is 0 Å².